The largest absolute Gasteiger partial charge is 0.487 e. The fraction of sp³-hybridized carbons (Fsp3) is 0.250. The summed E-state index contributed by atoms with van der Waals surface area (Å²) < 4.78 is 32.7. The maximum Gasteiger partial charge on any atom is 0.190 e. The predicted octanol–water partition coefficient (Wildman–Crippen LogP) is 3.18. The first-order chi connectivity index (χ1) is 9.69. The third-order valence-electron chi connectivity index (χ3n) is 3.63. The minimum atomic E-state index is -0.776. The number of aliphatic hydroxyl groups is 1. The van der Waals surface area contributed by atoms with Crippen molar-refractivity contribution in [1.29, 1.82) is 0 Å². The summed E-state index contributed by atoms with van der Waals surface area (Å²) in [5.41, 5.74) is 2.64. The van der Waals surface area contributed by atoms with Gasteiger partial charge < -0.3 is 9.84 Å². The van der Waals surface area contributed by atoms with Gasteiger partial charge in [-0.3, -0.25) is 0 Å². The summed E-state index contributed by atoms with van der Waals surface area (Å²) in [5, 5.41) is 8.88. The van der Waals surface area contributed by atoms with Crippen molar-refractivity contribution in [3.05, 3.63) is 64.7 Å². The van der Waals surface area contributed by atoms with E-state index in [0.717, 1.165) is 18.6 Å². The fourth-order valence-electron chi connectivity index (χ4n) is 2.54. The quantitative estimate of drug-likeness (QED) is 0.929. The molecule has 0 radical (unpaired) electrons. The van der Waals surface area contributed by atoms with Crippen LogP contribution in [0.2, 0.25) is 0 Å². The van der Waals surface area contributed by atoms with E-state index in [1.54, 1.807) is 0 Å². The van der Waals surface area contributed by atoms with Crippen molar-refractivity contribution in [2.75, 3.05) is 6.61 Å². The van der Waals surface area contributed by atoms with Gasteiger partial charge in [0.15, 0.2) is 17.4 Å². The van der Waals surface area contributed by atoms with Gasteiger partial charge in [0.05, 0.1) is 13.2 Å². The van der Waals surface area contributed by atoms with Crippen molar-refractivity contribution in [2.45, 2.75) is 18.9 Å². The number of hydrogen-bond donors (Lipinski definition) is 1. The van der Waals surface area contributed by atoms with Crippen LogP contribution in [0.5, 0.6) is 5.75 Å². The molecule has 0 aromatic heterocycles. The molecule has 4 heteroatoms. The van der Waals surface area contributed by atoms with Crippen molar-refractivity contribution in [2.24, 2.45) is 0 Å². The second kappa shape index (κ2) is 5.21. The highest BCUT2D eigenvalue weighted by molar-refractivity contribution is 5.40. The molecule has 0 saturated heterocycles. The van der Waals surface area contributed by atoms with Crippen LogP contribution >= 0.6 is 0 Å². The van der Waals surface area contributed by atoms with Crippen LogP contribution in [0.4, 0.5) is 8.78 Å². The molecule has 3 rings (SSSR count). The molecule has 0 bridgehead atoms. The van der Waals surface area contributed by atoms with E-state index in [9.17, 15) is 8.78 Å². The minimum Gasteiger partial charge on any atom is -0.487 e. The number of rotatable bonds is 4. The van der Waals surface area contributed by atoms with E-state index >= 15 is 0 Å². The lowest BCUT2D eigenvalue weighted by atomic mass is 9.78. The van der Waals surface area contributed by atoms with Gasteiger partial charge in [0.1, 0.15) is 0 Å². The average Bonchev–Trinajstić information content (AvgIpc) is 2.42. The Morgan fingerprint density at radius 3 is 2.50 bits per heavy atom. The Labute approximate surface area is 115 Å². The van der Waals surface area contributed by atoms with Crippen LogP contribution < -0.4 is 4.74 Å². The van der Waals surface area contributed by atoms with Gasteiger partial charge >= 0.3 is 0 Å². The molecule has 0 spiro atoms. The van der Waals surface area contributed by atoms with Crippen molar-refractivity contribution in [1.82, 2.24) is 0 Å². The van der Waals surface area contributed by atoms with Gasteiger partial charge in [0, 0.05) is 5.92 Å². The van der Waals surface area contributed by atoms with Crippen LogP contribution in [0.25, 0.3) is 0 Å². The SMILES string of the molecule is OCc1cc(F)c(OCC2Cc3ccccc32)c(F)c1. The lowest BCUT2D eigenvalue weighted by Crippen LogP contribution is -2.23. The first-order valence-corrected chi connectivity index (χ1v) is 6.48. The first-order valence-electron chi connectivity index (χ1n) is 6.48. The van der Waals surface area contributed by atoms with Crippen molar-refractivity contribution < 1.29 is 18.6 Å². The Morgan fingerprint density at radius 2 is 1.85 bits per heavy atom. The van der Waals surface area contributed by atoms with Crippen LogP contribution in [0, 0.1) is 11.6 Å². The Balaban J connectivity index is 1.71. The second-order valence-electron chi connectivity index (χ2n) is 4.96. The Kier molecular flexibility index (Phi) is 3.40. The van der Waals surface area contributed by atoms with E-state index in [2.05, 4.69) is 0 Å². The molecule has 1 aliphatic rings. The number of ether oxygens (including phenoxy) is 1. The van der Waals surface area contributed by atoms with Gasteiger partial charge in [0.2, 0.25) is 0 Å². The zero-order valence-corrected chi connectivity index (χ0v) is 10.8. The molecule has 0 amide bonds. The van der Waals surface area contributed by atoms with Gasteiger partial charge in [-0.1, -0.05) is 24.3 Å². The van der Waals surface area contributed by atoms with Crippen LogP contribution in [-0.2, 0) is 13.0 Å². The van der Waals surface area contributed by atoms with Gasteiger partial charge in [-0.05, 0) is 35.2 Å². The molecule has 0 heterocycles. The molecule has 20 heavy (non-hydrogen) atoms. The summed E-state index contributed by atoms with van der Waals surface area (Å²) in [7, 11) is 0. The monoisotopic (exact) mass is 276 g/mol. The fourth-order valence-corrected chi connectivity index (χ4v) is 2.54. The molecular formula is C16H14F2O2. The van der Waals surface area contributed by atoms with E-state index < -0.39 is 18.2 Å². The molecule has 2 aromatic carbocycles. The summed E-state index contributed by atoms with van der Waals surface area (Å²) >= 11 is 0. The summed E-state index contributed by atoms with van der Waals surface area (Å²) in [6, 6.07) is 10.2. The topological polar surface area (TPSA) is 29.5 Å². The molecule has 1 N–H and O–H groups in total. The number of aliphatic hydroxyl groups excluding tert-OH is 1. The third-order valence-corrected chi connectivity index (χ3v) is 3.63. The standard InChI is InChI=1S/C16H14F2O2/c17-14-5-10(8-19)6-15(18)16(14)20-9-12-7-11-3-1-2-4-13(11)12/h1-6,12,19H,7-9H2. The van der Waals surface area contributed by atoms with E-state index in [1.165, 1.54) is 11.1 Å². The maximum absolute atomic E-state index is 13.7. The molecule has 2 aromatic rings. The molecule has 1 aliphatic carbocycles. The minimum absolute atomic E-state index is 0.183. The molecule has 2 nitrogen and oxygen atoms in total. The van der Waals surface area contributed by atoms with Crippen LogP contribution in [0.15, 0.2) is 36.4 Å². The lowest BCUT2D eigenvalue weighted by Gasteiger charge is -2.29. The smallest absolute Gasteiger partial charge is 0.190 e. The Hall–Kier alpha value is -1.94. The second-order valence-corrected chi connectivity index (χ2v) is 4.96. The molecule has 0 fully saturated rings. The molecule has 1 unspecified atom stereocenters. The van der Waals surface area contributed by atoms with Gasteiger partial charge in [-0.25, -0.2) is 8.78 Å². The van der Waals surface area contributed by atoms with E-state index in [-0.39, 0.29) is 23.8 Å². The molecular weight excluding hydrogens is 262 g/mol. The normalized spacial score (nSPS) is 16.4. The summed E-state index contributed by atoms with van der Waals surface area (Å²) in [4.78, 5) is 0. The van der Waals surface area contributed by atoms with Crippen LogP contribution in [-0.4, -0.2) is 11.7 Å². The molecule has 0 saturated carbocycles. The zero-order chi connectivity index (χ0) is 14.1. The number of halogens is 2. The van der Waals surface area contributed by atoms with E-state index in [1.807, 2.05) is 24.3 Å². The highest BCUT2D eigenvalue weighted by Crippen LogP contribution is 2.35. The Bertz CT molecular complexity index is 617. The van der Waals surface area contributed by atoms with E-state index in [4.69, 9.17) is 9.84 Å². The first kappa shape index (κ1) is 13.1. The third kappa shape index (κ3) is 2.27. The zero-order valence-electron chi connectivity index (χ0n) is 10.8. The maximum atomic E-state index is 13.7. The average molecular weight is 276 g/mol. The lowest BCUT2D eigenvalue weighted by molar-refractivity contribution is 0.248. The summed E-state index contributed by atoms with van der Waals surface area (Å²) in [5.74, 6) is -1.74. The molecule has 1 atom stereocenters. The van der Waals surface area contributed by atoms with Crippen LogP contribution in [0.1, 0.15) is 22.6 Å². The van der Waals surface area contributed by atoms with Gasteiger partial charge in [-0.15, -0.1) is 0 Å². The highest BCUT2D eigenvalue weighted by Gasteiger charge is 2.26. The number of hydrogen-bond acceptors (Lipinski definition) is 2. The van der Waals surface area contributed by atoms with Crippen molar-refractivity contribution >= 4 is 0 Å². The van der Waals surface area contributed by atoms with Crippen molar-refractivity contribution in [3.63, 3.8) is 0 Å². The number of fused-ring (bicyclic) bond motifs is 1. The van der Waals surface area contributed by atoms with Crippen molar-refractivity contribution in [3.8, 4) is 5.75 Å². The van der Waals surface area contributed by atoms with E-state index in [0.29, 0.717) is 0 Å². The van der Waals surface area contributed by atoms with Gasteiger partial charge in [-0.2, -0.15) is 0 Å². The van der Waals surface area contributed by atoms with Crippen LogP contribution in [0.3, 0.4) is 0 Å². The number of benzene rings is 2. The molecule has 104 valence electrons. The van der Waals surface area contributed by atoms with Gasteiger partial charge in [0.25, 0.3) is 0 Å². The summed E-state index contributed by atoms with van der Waals surface area (Å²) in [6.45, 7) is -0.145. The highest BCUT2D eigenvalue weighted by atomic mass is 19.1. The predicted molar refractivity (Wildman–Crippen MR) is 70.7 cm³/mol. The Morgan fingerprint density at radius 1 is 1.15 bits per heavy atom. The summed E-state index contributed by atoms with van der Waals surface area (Å²) in [6.07, 6.45) is 0.869. The molecule has 0 aliphatic heterocycles.